The van der Waals surface area contributed by atoms with Gasteiger partial charge in [-0.05, 0) is 27.7 Å². The number of anilines is 1. The van der Waals surface area contributed by atoms with Crippen LogP contribution >= 0.6 is 0 Å². The Bertz CT molecular complexity index is 1010. The van der Waals surface area contributed by atoms with Gasteiger partial charge in [0.05, 0.1) is 29.6 Å². The summed E-state index contributed by atoms with van der Waals surface area (Å²) in [5, 5.41) is 15.4. The van der Waals surface area contributed by atoms with Crippen LogP contribution in [0.2, 0.25) is 0 Å². The van der Waals surface area contributed by atoms with Crippen LogP contribution in [0, 0.1) is 0 Å². The van der Waals surface area contributed by atoms with Crippen LogP contribution in [0.25, 0.3) is 17.0 Å². The maximum Gasteiger partial charge on any atom is 0.255 e. The molecule has 0 aromatic carbocycles. The van der Waals surface area contributed by atoms with Crippen LogP contribution in [0.4, 0.5) is 10.1 Å². The molecule has 0 radical (unpaired) electrons. The van der Waals surface area contributed by atoms with E-state index in [0.29, 0.717) is 22.7 Å². The Hall–Kier alpha value is -3.14. The number of amides is 1. The molecule has 0 fully saturated rings. The predicted octanol–water partition coefficient (Wildman–Crippen LogP) is 1.87. The second kappa shape index (κ2) is 8.08. The van der Waals surface area contributed by atoms with Crippen LogP contribution in [0.15, 0.2) is 31.1 Å². The molecule has 0 saturated heterocycles. The summed E-state index contributed by atoms with van der Waals surface area (Å²) in [6.07, 6.45) is 4.42. The monoisotopic (exact) mass is 401 g/mol. The van der Waals surface area contributed by atoms with Crippen molar-refractivity contribution < 1.29 is 14.3 Å². The van der Waals surface area contributed by atoms with Gasteiger partial charge in [0.2, 0.25) is 0 Å². The number of fused-ring (bicyclic) bond motifs is 1. The number of carbonyl (C=O) groups is 1. The van der Waals surface area contributed by atoms with Gasteiger partial charge in [-0.25, -0.2) is 24.3 Å². The number of hydrogen-bond donors (Lipinski definition) is 3. The second-order valence-corrected chi connectivity index (χ2v) is 7.56. The van der Waals surface area contributed by atoms with Crippen molar-refractivity contribution in [2.75, 3.05) is 11.9 Å². The SMILES string of the molecule is CC(C)Nc1cc(-n2cnc3cncnc32)ncc1C(=O)NC[C@@H](F)C(C)(C)O. The third-order valence-electron chi connectivity index (χ3n) is 4.25. The maximum atomic E-state index is 14.0. The van der Waals surface area contributed by atoms with Gasteiger partial charge in [0.15, 0.2) is 5.65 Å². The average molecular weight is 401 g/mol. The number of nitrogens with zero attached hydrogens (tertiary/aromatic N) is 5. The lowest BCUT2D eigenvalue weighted by molar-refractivity contribution is -0.00177. The fourth-order valence-electron chi connectivity index (χ4n) is 2.65. The predicted molar refractivity (Wildman–Crippen MR) is 107 cm³/mol. The molecular weight excluding hydrogens is 377 g/mol. The van der Waals surface area contributed by atoms with Gasteiger partial charge in [0, 0.05) is 18.3 Å². The molecule has 1 atom stereocenters. The first kappa shape index (κ1) is 20.6. The van der Waals surface area contributed by atoms with Crippen molar-refractivity contribution in [1.29, 1.82) is 0 Å². The number of hydrogen-bond acceptors (Lipinski definition) is 7. The van der Waals surface area contributed by atoms with E-state index >= 15 is 0 Å². The van der Waals surface area contributed by atoms with E-state index in [1.807, 2.05) is 13.8 Å². The van der Waals surface area contributed by atoms with E-state index < -0.39 is 17.7 Å². The Morgan fingerprint density at radius 3 is 2.72 bits per heavy atom. The van der Waals surface area contributed by atoms with E-state index in [-0.39, 0.29) is 18.2 Å². The van der Waals surface area contributed by atoms with Gasteiger partial charge in [-0.3, -0.25) is 9.36 Å². The molecule has 3 aromatic heterocycles. The molecule has 9 nitrogen and oxygen atoms in total. The van der Waals surface area contributed by atoms with Gasteiger partial charge in [0.1, 0.15) is 30.2 Å². The van der Waals surface area contributed by atoms with E-state index in [0.717, 1.165) is 0 Å². The number of alkyl halides is 1. The molecule has 3 rings (SSSR count). The van der Waals surface area contributed by atoms with Crippen LogP contribution < -0.4 is 10.6 Å². The molecule has 10 heteroatoms. The molecular formula is C19H24FN7O2. The first-order valence-electron chi connectivity index (χ1n) is 9.21. The lowest BCUT2D eigenvalue weighted by Crippen LogP contribution is -2.42. The lowest BCUT2D eigenvalue weighted by atomic mass is 10.0. The summed E-state index contributed by atoms with van der Waals surface area (Å²) in [6.45, 7) is 6.27. The molecule has 0 bridgehead atoms. The summed E-state index contributed by atoms with van der Waals surface area (Å²) in [7, 11) is 0. The van der Waals surface area contributed by atoms with E-state index in [1.165, 1.54) is 26.4 Å². The van der Waals surface area contributed by atoms with E-state index in [1.54, 1.807) is 23.2 Å². The Balaban J connectivity index is 1.91. The fraction of sp³-hybridized carbons (Fsp3) is 0.421. The minimum Gasteiger partial charge on any atom is -0.387 e. The molecule has 3 N–H and O–H groups in total. The zero-order valence-electron chi connectivity index (χ0n) is 16.7. The summed E-state index contributed by atoms with van der Waals surface area (Å²) in [5.74, 6) is 0.0303. The van der Waals surface area contributed by atoms with Crippen molar-refractivity contribution in [3.63, 3.8) is 0 Å². The summed E-state index contributed by atoms with van der Waals surface area (Å²) in [4.78, 5) is 29.4. The number of aromatic nitrogens is 5. The molecule has 0 spiro atoms. The fourth-order valence-corrected chi connectivity index (χ4v) is 2.65. The first-order chi connectivity index (χ1) is 13.7. The number of aliphatic hydroxyl groups is 1. The number of imidazole rings is 1. The molecule has 0 saturated carbocycles. The number of halogens is 1. The molecule has 0 aliphatic rings. The molecule has 1 amide bonds. The summed E-state index contributed by atoms with van der Waals surface area (Å²) < 4.78 is 15.7. The third-order valence-corrected chi connectivity index (χ3v) is 4.25. The summed E-state index contributed by atoms with van der Waals surface area (Å²) in [5.41, 5.74) is 0.473. The zero-order chi connectivity index (χ0) is 21.2. The van der Waals surface area contributed by atoms with Gasteiger partial charge in [-0.2, -0.15) is 0 Å². The molecule has 3 heterocycles. The van der Waals surface area contributed by atoms with Gasteiger partial charge in [-0.1, -0.05) is 0 Å². The summed E-state index contributed by atoms with van der Waals surface area (Å²) in [6, 6.07) is 1.75. The van der Waals surface area contributed by atoms with Crippen LogP contribution in [-0.2, 0) is 0 Å². The minimum atomic E-state index is -1.60. The van der Waals surface area contributed by atoms with Crippen LogP contribution in [0.1, 0.15) is 38.1 Å². The van der Waals surface area contributed by atoms with Crippen LogP contribution in [0.3, 0.4) is 0 Å². The topological polar surface area (TPSA) is 118 Å². The number of nitrogens with one attached hydrogen (secondary N) is 2. The van der Waals surface area contributed by atoms with Gasteiger partial charge in [-0.15, -0.1) is 0 Å². The van der Waals surface area contributed by atoms with E-state index in [9.17, 15) is 14.3 Å². The highest BCUT2D eigenvalue weighted by Gasteiger charge is 2.27. The molecule has 0 aliphatic heterocycles. The van der Waals surface area contributed by atoms with Crippen LogP contribution in [0.5, 0.6) is 0 Å². The molecule has 0 aliphatic carbocycles. The number of pyridine rings is 1. The molecule has 154 valence electrons. The largest absolute Gasteiger partial charge is 0.387 e. The van der Waals surface area contributed by atoms with Gasteiger partial charge >= 0.3 is 0 Å². The Morgan fingerprint density at radius 2 is 2.03 bits per heavy atom. The lowest BCUT2D eigenvalue weighted by Gasteiger charge is -2.23. The standard InChI is InChI=1S/C19H24FN7O2/c1-11(2)26-13-5-16(27-10-25-14-7-21-9-24-17(14)27)22-6-12(13)18(28)23-8-15(20)19(3,4)29/h5-7,9-11,15,29H,8H2,1-4H3,(H,22,26)(H,23,28)/t15-/m1/s1. The number of rotatable bonds is 7. The van der Waals surface area contributed by atoms with Crippen LogP contribution in [-0.4, -0.2) is 59.9 Å². The van der Waals surface area contributed by atoms with Crippen molar-refractivity contribution in [2.24, 2.45) is 0 Å². The molecule has 3 aromatic rings. The van der Waals surface area contributed by atoms with E-state index in [2.05, 4.69) is 30.6 Å². The van der Waals surface area contributed by atoms with Gasteiger partial charge < -0.3 is 15.7 Å². The molecule has 0 unspecified atom stereocenters. The Labute approximate surface area is 167 Å². The second-order valence-electron chi connectivity index (χ2n) is 7.56. The highest BCUT2D eigenvalue weighted by atomic mass is 19.1. The van der Waals surface area contributed by atoms with Crippen molar-refractivity contribution in [3.05, 3.63) is 36.7 Å². The maximum absolute atomic E-state index is 14.0. The third kappa shape index (κ3) is 4.65. The average Bonchev–Trinajstić information content (AvgIpc) is 3.08. The van der Waals surface area contributed by atoms with Crippen molar-refractivity contribution in [1.82, 2.24) is 29.8 Å². The first-order valence-corrected chi connectivity index (χ1v) is 9.21. The van der Waals surface area contributed by atoms with Crippen molar-refractivity contribution >= 4 is 22.8 Å². The van der Waals surface area contributed by atoms with Crippen molar-refractivity contribution in [3.8, 4) is 5.82 Å². The highest BCUT2D eigenvalue weighted by molar-refractivity contribution is 5.99. The van der Waals surface area contributed by atoms with E-state index in [4.69, 9.17) is 0 Å². The highest BCUT2D eigenvalue weighted by Crippen LogP contribution is 2.22. The molecule has 29 heavy (non-hydrogen) atoms. The Kier molecular flexibility index (Phi) is 5.73. The minimum absolute atomic E-state index is 0.0453. The zero-order valence-corrected chi connectivity index (χ0v) is 16.7. The quantitative estimate of drug-likeness (QED) is 0.553. The summed E-state index contributed by atoms with van der Waals surface area (Å²) >= 11 is 0. The van der Waals surface area contributed by atoms with Crippen molar-refractivity contribution in [2.45, 2.75) is 45.5 Å². The smallest absolute Gasteiger partial charge is 0.255 e. The van der Waals surface area contributed by atoms with Gasteiger partial charge in [0.25, 0.3) is 5.91 Å². The normalized spacial score (nSPS) is 12.9. The number of carbonyl (C=O) groups excluding carboxylic acids is 1. The Morgan fingerprint density at radius 1 is 1.28 bits per heavy atom.